The molecule has 3 heterocycles. The molecule has 0 atom stereocenters. The molecule has 0 saturated carbocycles. The van der Waals surface area contributed by atoms with Gasteiger partial charge in [0.2, 0.25) is 0 Å². The minimum Gasteiger partial charge on any atom is -0.478 e. The largest absolute Gasteiger partial charge is 0.478 e. The van der Waals surface area contributed by atoms with Crippen molar-refractivity contribution >= 4 is 40.3 Å². The first-order chi connectivity index (χ1) is 12.9. The van der Waals surface area contributed by atoms with Crippen molar-refractivity contribution < 1.29 is 28.6 Å². The van der Waals surface area contributed by atoms with E-state index in [-0.39, 0.29) is 33.6 Å². The first-order valence-electron chi connectivity index (χ1n) is 7.40. The van der Waals surface area contributed by atoms with E-state index < -0.39 is 6.09 Å². The van der Waals surface area contributed by atoms with Crippen LogP contribution in [-0.2, 0) is 11.3 Å². The molecule has 27 heavy (non-hydrogen) atoms. The van der Waals surface area contributed by atoms with Crippen LogP contribution in [0.3, 0.4) is 0 Å². The number of methoxy groups -OCH3 is 2. The van der Waals surface area contributed by atoms with Crippen LogP contribution >= 0.6 is 23.2 Å². The summed E-state index contributed by atoms with van der Waals surface area (Å²) in [6, 6.07) is 1.64. The predicted molar refractivity (Wildman–Crippen MR) is 94.5 cm³/mol. The standard InChI is InChI=1S/C16H13Cl2N3O6/c1-24-7-8-3-9-12(4-19-15(25-2)14(9)26-8)27-16(22)20-13-10(17)5-21(23)6-11(13)18/h3-6,23H,7H2,1-2H3. The summed E-state index contributed by atoms with van der Waals surface area (Å²) in [6.07, 6.45) is 2.56. The van der Waals surface area contributed by atoms with E-state index in [1.54, 1.807) is 6.07 Å². The third-order valence-electron chi connectivity index (χ3n) is 3.37. The zero-order chi connectivity index (χ0) is 19.6. The van der Waals surface area contributed by atoms with Crippen LogP contribution in [-0.4, -0.2) is 35.2 Å². The maximum Gasteiger partial charge on any atom is 0.439 e. The molecule has 9 nitrogen and oxygen atoms in total. The van der Waals surface area contributed by atoms with Crippen molar-refractivity contribution in [2.24, 2.45) is 4.99 Å². The second kappa shape index (κ2) is 7.87. The Balaban J connectivity index is 1.99. The Labute approximate surface area is 162 Å². The van der Waals surface area contributed by atoms with Crippen LogP contribution in [0, 0.1) is 0 Å². The SMILES string of the molecule is COCc1cc2c(OC(=O)N=c3c(Cl)cn(O)cc3Cl)cnc(OC)c2o1. The molecule has 0 aliphatic heterocycles. The molecule has 0 bridgehead atoms. The molecule has 1 amide bonds. The first-order valence-corrected chi connectivity index (χ1v) is 8.16. The highest BCUT2D eigenvalue weighted by atomic mass is 35.5. The van der Waals surface area contributed by atoms with Gasteiger partial charge in [-0.05, 0) is 6.07 Å². The van der Waals surface area contributed by atoms with Crippen LogP contribution in [0.25, 0.3) is 11.0 Å². The second-order valence-electron chi connectivity index (χ2n) is 5.18. The van der Waals surface area contributed by atoms with E-state index in [0.29, 0.717) is 21.5 Å². The van der Waals surface area contributed by atoms with Crippen molar-refractivity contribution in [2.45, 2.75) is 6.61 Å². The summed E-state index contributed by atoms with van der Waals surface area (Å²) in [5.74, 6) is 0.825. The van der Waals surface area contributed by atoms with Gasteiger partial charge in [-0.15, -0.1) is 0 Å². The van der Waals surface area contributed by atoms with Crippen molar-refractivity contribution in [3.8, 4) is 11.6 Å². The molecule has 0 aromatic carbocycles. The molecule has 0 spiro atoms. The number of aromatic nitrogens is 2. The summed E-state index contributed by atoms with van der Waals surface area (Å²) in [6.45, 7) is 0.214. The van der Waals surface area contributed by atoms with Gasteiger partial charge in [-0.25, -0.2) is 9.78 Å². The molecule has 0 aliphatic rings. The highest BCUT2D eigenvalue weighted by molar-refractivity contribution is 6.34. The van der Waals surface area contributed by atoms with Crippen LogP contribution < -0.4 is 14.8 Å². The monoisotopic (exact) mass is 413 g/mol. The molecule has 0 unspecified atom stereocenters. The fourth-order valence-corrected chi connectivity index (χ4v) is 2.83. The number of pyridine rings is 2. The molecule has 11 heteroatoms. The summed E-state index contributed by atoms with van der Waals surface area (Å²) in [7, 11) is 2.96. The predicted octanol–water partition coefficient (Wildman–Crippen LogP) is 3.43. The Hall–Kier alpha value is -2.75. The summed E-state index contributed by atoms with van der Waals surface area (Å²) >= 11 is 11.9. The van der Waals surface area contributed by atoms with Crippen LogP contribution in [0.15, 0.2) is 34.1 Å². The lowest BCUT2D eigenvalue weighted by Crippen LogP contribution is -2.14. The van der Waals surface area contributed by atoms with E-state index in [9.17, 15) is 10.0 Å². The summed E-state index contributed by atoms with van der Waals surface area (Å²) in [5.41, 5.74) is 0.298. The Morgan fingerprint density at radius 3 is 2.67 bits per heavy atom. The van der Waals surface area contributed by atoms with Gasteiger partial charge in [-0.2, -0.15) is 9.72 Å². The molecular formula is C16H13Cl2N3O6. The number of hydrogen-bond acceptors (Lipinski definition) is 7. The van der Waals surface area contributed by atoms with Crippen molar-refractivity contribution in [3.05, 3.63) is 45.8 Å². The number of nitrogens with zero attached hydrogens (tertiary/aromatic N) is 3. The van der Waals surface area contributed by atoms with E-state index in [4.69, 9.17) is 41.8 Å². The van der Waals surface area contributed by atoms with E-state index in [0.717, 1.165) is 12.4 Å². The van der Waals surface area contributed by atoms with Crippen molar-refractivity contribution in [3.63, 3.8) is 0 Å². The van der Waals surface area contributed by atoms with Gasteiger partial charge in [-0.1, -0.05) is 23.2 Å². The maximum absolute atomic E-state index is 12.2. The molecule has 3 aromatic rings. The Morgan fingerprint density at radius 2 is 2.04 bits per heavy atom. The minimum absolute atomic E-state index is 0.0364. The van der Waals surface area contributed by atoms with E-state index in [1.807, 2.05) is 0 Å². The van der Waals surface area contributed by atoms with Gasteiger partial charge < -0.3 is 23.8 Å². The molecule has 0 saturated heterocycles. The quantitative estimate of drug-likeness (QED) is 0.652. The number of carbonyl (C=O) groups is 1. The minimum atomic E-state index is -0.989. The van der Waals surface area contributed by atoms with E-state index >= 15 is 0 Å². The number of hydrogen-bond donors (Lipinski definition) is 1. The maximum atomic E-state index is 12.2. The van der Waals surface area contributed by atoms with Crippen molar-refractivity contribution in [2.75, 3.05) is 14.2 Å². The van der Waals surface area contributed by atoms with Crippen molar-refractivity contribution in [1.29, 1.82) is 0 Å². The highest BCUT2D eigenvalue weighted by Crippen LogP contribution is 2.34. The third-order valence-corrected chi connectivity index (χ3v) is 3.92. The first kappa shape index (κ1) is 19.0. The molecule has 0 radical (unpaired) electrons. The second-order valence-corrected chi connectivity index (χ2v) is 6.00. The number of fused-ring (bicyclic) bond motifs is 1. The number of furan rings is 1. The van der Waals surface area contributed by atoms with Crippen LogP contribution in [0.5, 0.6) is 11.6 Å². The lowest BCUT2D eigenvalue weighted by molar-refractivity contribution is 0.166. The number of amides is 1. The zero-order valence-electron chi connectivity index (χ0n) is 14.1. The van der Waals surface area contributed by atoms with Crippen molar-refractivity contribution in [1.82, 2.24) is 9.71 Å². The lowest BCUT2D eigenvalue weighted by atomic mass is 10.3. The van der Waals surface area contributed by atoms with Gasteiger partial charge in [0, 0.05) is 7.11 Å². The highest BCUT2D eigenvalue weighted by Gasteiger charge is 2.17. The average molecular weight is 414 g/mol. The Bertz CT molecular complexity index is 1050. The molecule has 142 valence electrons. The third kappa shape index (κ3) is 4.00. The number of carbonyl (C=O) groups excluding carboxylic acids is 1. The smallest absolute Gasteiger partial charge is 0.439 e. The molecule has 1 N–H and O–H groups in total. The molecule has 3 aromatic heterocycles. The fourth-order valence-electron chi connectivity index (χ4n) is 2.29. The molecular weight excluding hydrogens is 401 g/mol. The molecule has 0 fully saturated rings. The van der Waals surface area contributed by atoms with Crippen LogP contribution in [0.4, 0.5) is 4.79 Å². The summed E-state index contributed by atoms with van der Waals surface area (Å²) < 4.78 is 21.7. The van der Waals surface area contributed by atoms with Gasteiger partial charge >= 0.3 is 6.09 Å². The Morgan fingerprint density at radius 1 is 1.33 bits per heavy atom. The topological polar surface area (TPSA) is 108 Å². The van der Waals surface area contributed by atoms with Gasteiger partial charge in [0.1, 0.15) is 17.7 Å². The van der Waals surface area contributed by atoms with Crippen LogP contribution in [0.2, 0.25) is 10.0 Å². The summed E-state index contributed by atoms with van der Waals surface area (Å²) in [4.78, 5) is 20.0. The van der Waals surface area contributed by atoms with Gasteiger partial charge in [0.05, 0.1) is 41.1 Å². The van der Waals surface area contributed by atoms with Gasteiger partial charge in [-0.3, -0.25) is 0 Å². The Kier molecular flexibility index (Phi) is 5.54. The summed E-state index contributed by atoms with van der Waals surface area (Å²) in [5, 5.41) is 9.69. The average Bonchev–Trinajstić information content (AvgIpc) is 3.03. The lowest BCUT2D eigenvalue weighted by Gasteiger charge is -2.05. The van der Waals surface area contributed by atoms with E-state index in [2.05, 4.69) is 9.98 Å². The van der Waals surface area contributed by atoms with E-state index in [1.165, 1.54) is 20.4 Å². The molecule has 0 aliphatic carbocycles. The number of rotatable bonds is 4. The normalized spacial score (nSPS) is 10.8. The molecule has 3 rings (SSSR count). The van der Waals surface area contributed by atoms with Gasteiger partial charge in [0.25, 0.3) is 5.88 Å². The fraction of sp³-hybridized carbons (Fsp3) is 0.188. The number of ether oxygens (including phenoxy) is 3. The van der Waals surface area contributed by atoms with Crippen LogP contribution in [0.1, 0.15) is 5.76 Å². The van der Waals surface area contributed by atoms with Gasteiger partial charge in [0.15, 0.2) is 11.3 Å². The number of halogens is 2. The zero-order valence-corrected chi connectivity index (χ0v) is 15.6.